The molecule has 0 spiro atoms. The second-order valence-corrected chi connectivity index (χ2v) is 8.71. The molecule has 0 radical (unpaired) electrons. The number of aliphatic hydroxyl groups is 2. The van der Waals surface area contributed by atoms with Crippen molar-refractivity contribution in [1.82, 2.24) is 0 Å². The molecule has 0 aromatic heterocycles. The maximum absolute atomic E-state index is 10.5. The lowest BCUT2D eigenvalue weighted by Crippen LogP contribution is -2.52. The summed E-state index contributed by atoms with van der Waals surface area (Å²) in [5.41, 5.74) is 0. The van der Waals surface area contributed by atoms with Gasteiger partial charge in [-0.3, -0.25) is 4.55 Å². The van der Waals surface area contributed by atoms with Crippen molar-refractivity contribution >= 4 is 10.1 Å². The third-order valence-corrected chi connectivity index (χ3v) is 5.75. The summed E-state index contributed by atoms with van der Waals surface area (Å²) < 4.78 is 33.1. The van der Waals surface area contributed by atoms with Crippen LogP contribution in [0.2, 0.25) is 0 Å². The topological polar surface area (TPSA) is 104 Å². The van der Waals surface area contributed by atoms with Crippen LogP contribution in [0.25, 0.3) is 0 Å². The van der Waals surface area contributed by atoms with Crippen LogP contribution in [0, 0.1) is 0 Å². The lowest BCUT2D eigenvalue weighted by atomic mass is 10.1. The van der Waals surface area contributed by atoms with E-state index in [9.17, 15) is 8.42 Å². The van der Waals surface area contributed by atoms with Gasteiger partial charge in [-0.25, -0.2) is 0 Å². The fourth-order valence-corrected chi connectivity index (χ4v) is 2.10. The van der Waals surface area contributed by atoms with Crippen molar-refractivity contribution in [3.8, 4) is 0 Å². The molecule has 3 N–H and O–H groups in total. The molecular weight excluding hydrogens is 332 g/mol. The molecule has 0 fully saturated rings. The van der Waals surface area contributed by atoms with Crippen LogP contribution in [0.3, 0.4) is 0 Å². The molecule has 0 saturated heterocycles. The summed E-state index contributed by atoms with van der Waals surface area (Å²) in [6.45, 7) is 9.36. The summed E-state index contributed by atoms with van der Waals surface area (Å²) in [4.78, 5) is 0. The van der Waals surface area contributed by atoms with E-state index in [1.807, 2.05) is 0 Å². The molecule has 0 aliphatic heterocycles. The van der Waals surface area contributed by atoms with Gasteiger partial charge in [0.2, 0.25) is 0 Å². The molecule has 0 aromatic rings. The minimum Gasteiger partial charge on any atom is -0.381 e. The first-order chi connectivity index (χ1) is 10.9. The summed E-state index contributed by atoms with van der Waals surface area (Å²) in [7, 11) is -4.46. The molecule has 0 aliphatic rings. The van der Waals surface area contributed by atoms with Gasteiger partial charge in [0.05, 0.1) is 0 Å². The molecule has 0 bridgehead atoms. The average molecular weight is 371 g/mol. The zero-order valence-corrected chi connectivity index (χ0v) is 16.9. The Morgan fingerprint density at radius 2 is 1.17 bits per heavy atom. The largest absolute Gasteiger partial charge is 0.381 e. The van der Waals surface area contributed by atoms with Crippen LogP contribution >= 0.6 is 0 Å². The number of rotatable bonds is 12. The first-order valence-corrected chi connectivity index (χ1v) is 10.3. The van der Waals surface area contributed by atoms with Gasteiger partial charge in [-0.15, -0.1) is 0 Å². The zero-order chi connectivity index (χ0) is 19.3. The average Bonchev–Trinajstić information content (AvgIpc) is 2.44. The lowest BCUT2D eigenvalue weighted by molar-refractivity contribution is -0.167. The molecule has 0 unspecified atom stereocenters. The van der Waals surface area contributed by atoms with Crippen LogP contribution < -0.4 is 0 Å². The Balaban J connectivity index is 0. The second kappa shape index (κ2) is 13.1. The zero-order valence-electron chi connectivity index (χ0n) is 16.0. The quantitative estimate of drug-likeness (QED) is 0.276. The van der Waals surface area contributed by atoms with Crippen LogP contribution in [0.4, 0.5) is 0 Å². The van der Waals surface area contributed by atoms with Crippen molar-refractivity contribution < 1.29 is 27.9 Å². The molecule has 0 aliphatic carbocycles. The highest BCUT2D eigenvalue weighted by Gasteiger charge is 2.48. The summed E-state index contributed by atoms with van der Waals surface area (Å²) in [6.07, 6.45) is 10.5. The van der Waals surface area contributed by atoms with Crippen LogP contribution in [0.15, 0.2) is 0 Å². The van der Waals surface area contributed by atoms with E-state index in [0.717, 1.165) is 34.0 Å². The van der Waals surface area contributed by atoms with E-state index in [0.29, 0.717) is 0 Å². The predicted molar refractivity (Wildman–Crippen MR) is 97.6 cm³/mol. The van der Waals surface area contributed by atoms with Gasteiger partial charge in [0.1, 0.15) is 4.75 Å². The van der Waals surface area contributed by atoms with E-state index in [1.54, 1.807) is 0 Å². The first-order valence-electron chi connectivity index (χ1n) is 8.91. The third-order valence-electron chi connectivity index (χ3n) is 4.07. The number of unbranched alkanes of at least 4 members (excludes halogenated alkanes) is 6. The van der Waals surface area contributed by atoms with Crippen molar-refractivity contribution in [3.05, 3.63) is 0 Å². The SMILES string of the molecule is CC(O)(O)C(C)(C)S(=O)(=O)O.CCCCCCOCCCCCC. The van der Waals surface area contributed by atoms with Crippen LogP contribution in [-0.2, 0) is 14.9 Å². The summed E-state index contributed by atoms with van der Waals surface area (Å²) in [6, 6.07) is 0. The number of hydrogen-bond acceptors (Lipinski definition) is 5. The second-order valence-electron chi connectivity index (χ2n) is 6.74. The molecule has 7 heteroatoms. The molecule has 0 amide bonds. The standard InChI is InChI=1S/C12H26O.C5H12O5S/c1-3-5-7-9-11-13-12-10-8-6-4-2;1-4(2,5(3,6)7)11(8,9)10/h3-12H2,1-2H3;6-7H,1-3H3,(H,8,9,10). The normalized spacial score (nSPS) is 12.7. The molecule has 148 valence electrons. The van der Waals surface area contributed by atoms with Crippen molar-refractivity contribution in [3.63, 3.8) is 0 Å². The highest BCUT2D eigenvalue weighted by molar-refractivity contribution is 7.87. The van der Waals surface area contributed by atoms with E-state index >= 15 is 0 Å². The van der Waals surface area contributed by atoms with Gasteiger partial charge in [-0.05, 0) is 33.6 Å². The summed E-state index contributed by atoms with van der Waals surface area (Å²) >= 11 is 0. The van der Waals surface area contributed by atoms with E-state index in [4.69, 9.17) is 19.5 Å². The van der Waals surface area contributed by atoms with Crippen molar-refractivity contribution in [2.75, 3.05) is 13.2 Å². The molecule has 0 aromatic carbocycles. The van der Waals surface area contributed by atoms with Crippen molar-refractivity contribution in [2.24, 2.45) is 0 Å². The van der Waals surface area contributed by atoms with Crippen molar-refractivity contribution in [2.45, 2.75) is 96.5 Å². The van der Waals surface area contributed by atoms with Gasteiger partial charge in [-0.2, -0.15) is 8.42 Å². The Labute approximate surface area is 148 Å². The van der Waals surface area contributed by atoms with E-state index in [-0.39, 0.29) is 0 Å². The Hall–Kier alpha value is -0.210. The van der Waals surface area contributed by atoms with Crippen LogP contribution in [-0.4, -0.2) is 46.9 Å². The monoisotopic (exact) mass is 370 g/mol. The van der Waals surface area contributed by atoms with Gasteiger partial charge in [-0.1, -0.05) is 52.4 Å². The molecule has 0 rings (SSSR count). The van der Waals surface area contributed by atoms with Gasteiger partial charge >= 0.3 is 0 Å². The highest BCUT2D eigenvalue weighted by Crippen LogP contribution is 2.26. The Bertz CT molecular complexity index is 374. The fourth-order valence-electron chi connectivity index (χ4n) is 1.61. The van der Waals surface area contributed by atoms with Gasteiger partial charge < -0.3 is 14.9 Å². The maximum Gasteiger partial charge on any atom is 0.275 e. The molecule has 0 saturated carbocycles. The summed E-state index contributed by atoms with van der Waals surface area (Å²) in [5.74, 6) is -2.46. The lowest BCUT2D eigenvalue weighted by Gasteiger charge is -2.31. The maximum atomic E-state index is 10.5. The van der Waals surface area contributed by atoms with Crippen molar-refractivity contribution in [1.29, 1.82) is 0 Å². The molecule has 0 heterocycles. The molecular formula is C17H38O6S. The van der Waals surface area contributed by atoms with Crippen LogP contribution in [0.5, 0.6) is 0 Å². The Morgan fingerprint density at radius 3 is 1.38 bits per heavy atom. The smallest absolute Gasteiger partial charge is 0.275 e. The third kappa shape index (κ3) is 12.2. The Morgan fingerprint density at radius 1 is 0.792 bits per heavy atom. The Kier molecular flexibility index (Phi) is 14.2. The summed E-state index contributed by atoms with van der Waals surface area (Å²) in [5, 5.41) is 17.8. The molecule has 0 atom stereocenters. The minimum atomic E-state index is -4.46. The minimum absolute atomic E-state index is 0.890. The molecule has 6 nitrogen and oxygen atoms in total. The van der Waals surface area contributed by atoms with E-state index in [1.165, 1.54) is 51.4 Å². The van der Waals surface area contributed by atoms with E-state index in [2.05, 4.69) is 13.8 Å². The highest BCUT2D eigenvalue weighted by atomic mass is 32.2. The van der Waals surface area contributed by atoms with Gasteiger partial charge in [0, 0.05) is 13.2 Å². The predicted octanol–water partition coefficient (Wildman–Crippen LogP) is 3.52. The number of ether oxygens (including phenoxy) is 1. The fraction of sp³-hybridized carbons (Fsp3) is 1.00. The van der Waals surface area contributed by atoms with Gasteiger partial charge in [0.25, 0.3) is 10.1 Å². The van der Waals surface area contributed by atoms with Gasteiger partial charge in [0.15, 0.2) is 5.79 Å². The number of hydrogen-bond donors (Lipinski definition) is 3. The molecule has 24 heavy (non-hydrogen) atoms. The first kappa shape index (κ1) is 26.0. The van der Waals surface area contributed by atoms with E-state index < -0.39 is 20.7 Å². The van der Waals surface area contributed by atoms with Crippen LogP contribution in [0.1, 0.15) is 86.0 Å².